The summed E-state index contributed by atoms with van der Waals surface area (Å²) in [4.78, 5) is 24.3. The molecule has 3 rings (SSSR count). The molecule has 1 aromatic heterocycles. The van der Waals surface area contributed by atoms with Crippen molar-refractivity contribution in [1.82, 2.24) is 5.43 Å². The van der Waals surface area contributed by atoms with Crippen LogP contribution in [0, 0.1) is 0 Å². The van der Waals surface area contributed by atoms with E-state index in [0.29, 0.717) is 5.56 Å². The van der Waals surface area contributed by atoms with Crippen molar-refractivity contribution >= 4 is 39.3 Å². The molecule has 1 amide bonds. The molecule has 0 aliphatic heterocycles. The Labute approximate surface area is 169 Å². The van der Waals surface area contributed by atoms with E-state index in [1.807, 2.05) is 47.8 Å². The van der Waals surface area contributed by atoms with Crippen LogP contribution in [-0.4, -0.2) is 17.9 Å². The Hall–Kier alpha value is -2.79. The fourth-order valence-electron chi connectivity index (χ4n) is 2.86. The van der Waals surface area contributed by atoms with E-state index < -0.39 is 0 Å². The number of carbonyl (C=O) groups is 2. The highest BCUT2D eigenvalue weighted by molar-refractivity contribution is 7.17. The number of nitrogens with zero attached hydrogens (tertiary/aromatic N) is 1. The van der Waals surface area contributed by atoms with Crippen LogP contribution in [0.2, 0.25) is 0 Å². The van der Waals surface area contributed by atoms with Gasteiger partial charge in [-0.15, -0.1) is 11.3 Å². The van der Waals surface area contributed by atoms with Gasteiger partial charge in [-0.05, 0) is 17.0 Å². The van der Waals surface area contributed by atoms with Crippen molar-refractivity contribution in [2.75, 3.05) is 0 Å². The number of hydrogen-bond acceptors (Lipinski definition) is 4. The summed E-state index contributed by atoms with van der Waals surface area (Å²) in [7, 11) is 0. The Bertz CT molecular complexity index is 1010. The predicted octanol–water partition coefficient (Wildman–Crippen LogP) is 5.31. The van der Waals surface area contributed by atoms with Crippen molar-refractivity contribution in [3.63, 3.8) is 0 Å². The third-order valence-electron chi connectivity index (χ3n) is 4.56. The molecule has 1 N–H and O–H groups in total. The average Bonchev–Trinajstić information content (AvgIpc) is 3.09. The predicted molar refractivity (Wildman–Crippen MR) is 116 cm³/mol. The molecule has 4 nitrogen and oxygen atoms in total. The van der Waals surface area contributed by atoms with Crippen LogP contribution >= 0.6 is 11.3 Å². The summed E-state index contributed by atoms with van der Waals surface area (Å²) in [5.74, 6) is -0.307. The number of thiophene rings is 1. The highest BCUT2D eigenvalue weighted by Crippen LogP contribution is 2.24. The van der Waals surface area contributed by atoms with Gasteiger partial charge in [-0.3, -0.25) is 9.59 Å². The van der Waals surface area contributed by atoms with Crippen LogP contribution in [-0.2, 0) is 10.2 Å². The van der Waals surface area contributed by atoms with Crippen LogP contribution < -0.4 is 5.43 Å². The van der Waals surface area contributed by atoms with E-state index in [9.17, 15) is 9.59 Å². The molecule has 5 heteroatoms. The molecule has 0 saturated carbocycles. The second kappa shape index (κ2) is 8.48. The fourth-order valence-corrected chi connectivity index (χ4v) is 3.77. The Morgan fingerprint density at radius 2 is 1.75 bits per heavy atom. The molecule has 2 aromatic carbocycles. The number of ketones is 1. The summed E-state index contributed by atoms with van der Waals surface area (Å²) in [5.41, 5.74) is 5.33. The first kappa shape index (κ1) is 20.0. The van der Waals surface area contributed by atoms with Crippen molar-refractivity contribution in [2.45, 2.75) is 39.0 Å². The zero-order valence-electron chi connectivity index (χ0n) is 16.4. The molecule has 0 atom stereocenters. The largest absolute Gasteiger partial charge is 0.294 e. The Kier molecular flexibility index (Phi) is 6.05. The van der Waals surface area contributed by atoms with Gasteiger partial charge in [-0.25, -0.2) is 5.43 Å². The van der Waals surface area contributed by atoms with E-state index in [1.165, 1.54) is 10.3 Å². The number of fused-ring (bicyclic) bond motifs is 1. The zero-order chi connectivity index (χ0) is 20.1. The quantitative estimate of drug-likeness (QED) is 0.351. The Balaban J connectivity index is 1.50. The van der Waals surface area contributed by atoms with E-state index in [2.05, 4.69) is 37.4 Å². The number of amides is 1. The highest BCUT2D eigenvalue weighted by atomic mass is 32.1. The molecule has 28 heavy (non-hydrogen) atoms. The number of benzene rings is 2. The molecule has 0 aliphatic carbocycles. The number of carbonyl (C=O) groups excluding carboxylic acids is 2. The molecule has 0 unspecified atom stereocenters. The lowest BCUT2D eigenvalue weighted by molar-refractivity contribution is -0.121. The summed E-state index contributed by atoms with van der Waals surface area (Å²) in [5, 5.41) is 7.14. The average molecular weight is 393 g/mol. The van der Waals surface area contributed by atoms with Crippen LogP contribution in [0.25, 0.3) is 10.1 Å². The normalized spacial score (nSPS) is 11.8. The van der Waals surface area contributed by atoms with E-state index in [1.54, 1.807) is 17.6 Å². The molecule has 0 spiro atoms. The number of rotatable bonds is 6. The molecule has 0 fully saturated rings. The Morgan fingerprint density at radius 1 is 1.04 bits per heavy atom. The standard InChI is InChI=1S/C23H24N2O2S/c1-23(2,3)18-10-8-16(9-11-18)20(26)12-13-22(27)25-24-14-17-15-28-21-7-5-4-6-19(17)21/h4-11,14-15H,12-13H2,1-3H3,(H,25,27)/b24-14+. The van der Waals surface area contributed by atoms with Crippen LogP contribution in [0.3, 0.4) is 0 Å². The lowest BCUT2D eigenvalue weighted by Crippen LogP contribution is -2.18. The zero-order valence-corrected chi connectivity index (χ0v) is 17.2. The topological polar surface area (TPSA) is 58.5 Å². The summed E-state index contributed by atoms with van der Waals surface area (Å²) < 4.78 is 1.18. The second-order valence-electron chi connectivity index (χ2n) is 7.73. The van der Waals surface area contributed by atoms with Crippen LogP contribution in [0.5, 0.6) is 0 Å². The lowest BCUT2D eigenvalue weighted by Gasteiger charge is -2.18. The molecule has 0 saturated heterocycles. The Morgan fingerprint density at radius 3 is 2.46 bits per heavy atom. The van der Waals surface area contributed by atoms with Crippen LogP contribution in [0.4, 0.5) is 0 Å². The molecule has 3 aromatic rings. The van der Waals surface area contributed by atoms with E-state index in [4.69, 9.17) is 0 Å². The lowest BCUT2D eigenvalue weighted by atomic mass is 9.86. The van der Waals surface area contributed by atoms with Gasteiger partial charge in [0.1, 0.15) is 0 Å². The monoisotopic (exact) mass is 392 g/mol. The van der Waals surface area contributed by atoms with Gasteiger partial charge in [-0.2, -0.15) is 5.10 Å². The van der Waals surface area contributed by atoms with E-state index in [-0.39, 0.29) is 29.9 Å². The minimum Gasteiger partial charge on any atom is -0.294 e. The number of Topliss-reactive ketones (excluding diaryl/α,β-unsaturated/α-hetero) is 1. The smallest absolute Gasteiger partial charge is 0.240 e. The second-order valence-corrected chi connectivity index (χ2v) is 8.64. The van der Waals surface area contributed by atoms with Gasteiger partial charge < -0.3 is 0 Å². The maximum atomic E-state index is 12.3. The molecular weight excluding hydrogens is 368 g/mol. The fraction of sp³-hybridized carbons (Fsp3) is 0.261. The minimum atomic E-state index is -0.268. The maximum Gasteiger partial charge on any atom is 0.240 e. The van der Waals surface area contributed by atoms with Crippen molar-refractivity contribution < 1.29 is 9.59 Å². The van der Waals surface area contributed by atoms with Crippen LogP contribution in [0.15, 0.2) is 59.0 Å². The van der Waals surface area contributed by atoms with Crippen molar-refractivity contribution in [3.05, 3.63) is 70.6 Å². The molecule has 0 bridgehead atoms. The first-order valence-corrected chi connectivity index (χ1v) is 10.1. The van der Waals surface area contributed by atoms with Gasteiger partial charge in [0.25, 0.3) is 0 Å². The van der Waals surface area contributed by atoms with Gasteiger partial charge >= 0.3 is 0 Å². The summed E-state index contributed by atoms with van der Waals surface area (Å²) >= 11 is 1.64. The number of nitrogens with one attached hydrogen (secondary N) is 1. The first-order valence-electron chi connectivity index (χ1n) is 9.26. The number of hydrogen-bond donors (Lipinski definition) is 1. The molecule has 0 aliphatic rings. The summed E-state index contributed by atoms with van der Waals surface area (Å²) in [6.45, 7) is 6.40. The molecular formula is C23H24N2O2S. The van der Waals surface area contributed by atoms with E-state index >= 15 is 0 Å². The van der Waals surface area contributed by atoms with Crippen LogP contribution in [0.1, 0.15) is 55.1 Å². The van der Waals surface area contributed by atoms with E-state index in [0.717, 1.165) is 10.9 Å². The van der Waals surface area contributed by atoms with Gasteiger partial charge in [0, 0.05) is 39.4 Å². The molecule has 1 heterocycles. The summed E-state index contributed by atoms with van der Waals surface area (Å²) in [6, 6.07) is 15.7. The van der Waals surface area contributed by atoms with Crippen molar-refractivity contribution in [3.8, 4) is 0 Å². The SMILES string of the molecule is CC(C)(C)c1ccc(C(=O)CCC(=O)N/N=C/c2csc3ccccc23)cc1. The first-order chi connectivity index (χ1) is 13.3. The minimum absolute atomic E-state index is 0.0385. The van der Waals surface area contributed by atoms with Gasteiger partial charge in [0.2, 0.25) is 5.91 Å². The van der Waals surface area contributed by atoms with Crippen molar-refractivity contribution in [1.29, 1.82) is 0 Å². The van der Waals surface area contributed by atoms with Crippen molar-refractivity contribution in [2.24, 2.45) is 5.10 Å². The third kappa shape index (κ3) is 4.93. The van der Waals surface area contributed by atoms with Gasteiger partial charge in [0.05, 0.1) is 6.21 Å². The highest BCUT2D eigenvalue weighted by Gasteiger charge is 2.14. The molecule has 0 radical (unpaired) electrons. The van der Waals surface area contributed by atoms with Gasteiger partial charge in [0.15, 0.2) is 5.78 Å². The van der Waals surface area contributed by atoms with Gasteiger partial charge in [-0.1, -0.05) is 63.2 Å². The summed E-state index contributed by atoms with van der Waals surface area (Å²) in [6.07, 6.45) is 1.92. The molecule has 144 valence electrons. The maximum absolute atomic E-state index is 12.3. The number of hydrazone groups is 1. The third-order valence-corrected chi connectivity index (χ3v) is 5.54.